The van der Waals surface area contributed by atoms with Crippen molar-refractivity contribution in [1.29, 1.82) is 0 Å². The molecule has 2 heterocycles. The fourth-order valence-electron chi connectivity index (χ4n) is 4.58. The first-order valence-electron chi connectivity index (χ1n) is 14.4. The molecule has 0 saturated heterocycles. The Kier molecular flexibility index (Phi) is 9.55. The van der Waals surface area contributed by atoms with E-state index in [0.29, 0.717) is 35.5 Å². The molecule has 1 N–H and O–H groups in total. The molecule has 1 atom stereocenters. The summed E-state index contributed by atoms with van der Waals surface area (Å²) in [6, 6.07) is 18.6. The number of sulfonamides is 1. The van der Waals surface area contributed by atoms with E-state index < -0.39 is 28.6 Å². The van der Waals surface area contributed by atoms with Gasteiger partial charge in [-0.1, -0.05) is 69.3 Å². The topological polar surface area (TPSA) is 110 Å². The van der Waals surface area contributed by atoms with E-state index in [1.54, 1.807) is 42.5 Å². The Morgan fingerprint density at radius 3 is 2.44 bits per heavy atom. The number of hydrogen-bond donors (Lipinski definition) is 1. The molecule has 0 saturated carbocycles. The van der Waals surface area contributed by atoms with Gasteiger partial charge in [0.2, 0.25) is 0 Å². The molecule has 0 radical (unpaired) electrons. The molecule has 8 nitrogen and oxygen atoms in total. The minimum Gasteiger partial charge on any atom is -0.478 e. The Bertz CT molecular complexity index is 1920. The van der Waals surface area contributed by atoms with E-state index in [-0.39, 0.29) is 10.5 Å². The van der Waals surface area contributed by atoms with Gasteiger partial charge in [-0.15, -0.1) is 11.3 Å². The first-order valence-corrected chi connectivity index (χ1v) is 16.7. The van der Waals surface area contributed by atoms with Crippen LogP contribution in [0.25, 0.3) is 16.2 Å². The monoisotopic (exact) mass is 643 g/mol. The third kappa shape index (κ3) is 7.19. The minimum atomic E-state index is -3.99. The zero-order chi connectivity index (χ0) is 32.1. The van der Waals surface area contributed by atoms with Crippen molar-refractivity contribution in [3.8, 4) is 17.2 Å². The predicted octanol–water partition coefficient (Wildman–Crippen LogP) is 7.92. The first kappa shape index (κ1) is 31.7. The van der Waals surface area contributed by atoms with Crippen LogP contribution in [0.3, 0.4) is 0 Å². The average molecular weight is 644 g/mol. The quantitative estimate of drug-likeness (QED) is 0.123. The van der Waals surface area contributed by atoms with Gasteiger partial charge in [-0.2, -0.15) is 4.31 Å². The van der Waals surface area contributed by atoms with Gasteiger partial charge in [0.25, 0.3) is 15.9 Å². The minimum absolute atomic E-state index is 0.0220. The van der Waals surface area contributed by atoms with Crippen LogP contribution in [-0.2, 0) is 21.2 Å². The van der Waals surface area contributed by atoms with E-state index in [9.17, 15) is 18.0 Å². The molecule has 10 heteroatoms. The molecule has 1 unspecified atom stereocenters. The van der Waals surface area contributed by atoms with Crippen LogP contribution in [0.5, 0.6) is 17.2 Å². The number of aliphatic carboxylic acids is 1. The highest BCUT2D eigenvalue weighted by molar-refractivity contribution is 7.90. The first-order chi connectivity index (χ1) is 21.5. The lowest BCUT2D eigenvalue weighted by Crippen LogP contribution is -2.33. The Labute approximate surface area is 266 Å². The third-order valence-electron chi connectivity index (χ3n) is 7.48. The Morgan fingerprint density at radius 2 is 1.73 bits per heavy atom. The summed E-state index contributed by atoms with van der Waals surface area (Å²) in [7, 11) is -3.99. The normalized spacial score (nSPS) is 15.1. The van der Waals surface area contributed by atoms with Crippen molar-refractivity contribution in [3.63, 3.8) is 0 Å². The highest BCUT2D eigenvalue weighted by atomic mass is 32.2. The largest absolute Gasteiger partial charge is 0.478 e. The Morgan fingerprint density at radius 1 is 1.00 bits per heavy atom. The number of fused-ring (bicyclic) bond motifs is 2. The number of rotatable bonds is 12. The Hall–Kier alpha value is -4.67. The maximum absolute atomic E-state index is 12.9. The molecule has 45 heavy (non-hydrogen) atoms. The average Bonchev–Trinajstić information content (AvgIpc) is 3.45. The maximum Gasteiger partial charge on any atom is 0.328 e. The molecular weight excluding hydrogens is 611 g/mol. The second-order valence-electron chi connectivity index (χ2n) is 10.9. The molecule has 0 spiro atoms. The molecule has 0 fully saturated rings. The van der Waals surface area contributed by atoms with Crippen molar-refractivity contribution < 1.29 is 32.6 Å². The van der Waals surface area contributed by atoms with Gasteiger partial charge in [-0.05, 0) is 65.9 Å². The molecule has 1 aliphatic rings. The van der Waals surface area contributed by atoms with Crippen LogP contribution in [-0.4, -0.2) is 36.4 Å². The third-order valence-corrected chi connectivity index (χ3v) is 10.4. The number of carbonyl (C=O) groups excluding carboxylic acids is 1. The summed E-state index contributed by atoms with van der Waals surface area (Å²) >= 11 is 1.53. The molecule has 0 bridgehead atoms. The highest BCUT2D eigenvalue weighted by Crippen LogP contribution is 2.42. The van der Waals surface area contributed by atoms with Gasteiger partial charge < -0.3 is 14.6 Å². The lowest BCUT2D eigenvalue weighted by atomic mass is 9.98. The fraction of sp³-hybridized carbons (Fsp3) is 0.200. The zero-order valence-electron chi connectivity index (χ0n) is 25.0. The SMILES string of the molecule is CC(C)C(C)C=CC=CCc1sc2cc(OCN3C(=O)c4ccccc4S3(=O)=O)ccc2c1Oc1ccc(C=CC(=O)O)cc1. The van der Waals surface area contributed by atoms with Gasteiger partial charge in [-0.3, -0.25) is 4.79 Å². The van der Waals surface area contributed by atoms with Gasteiger partial charge in [0.1, 0.15) is 22.1 Å². The molecule has 0 aliphatic carbocycles. The van der Waals surface area contributed by atoms with E-state index in [1.165, 1.54) is 29.5 Å². The lowest BCUT2D eigenvalue weighted by Gasteiger charge is -2.16. The van der Waals surface area contributed by atoms with Crippen LogP contribution in [0.15, 0.2) is 102 Å². The molecule has 1 aromatic heterocycles. The van der Waals surface area contributed by atoms with Crippen molar-refractivity contribution in [2.45, 2.75) is 32.1 Å². The van der Waals surface area contributed by atoms with E-state index in [1.807, 2.05) is 18.2 Å². The van der Waals surface area contributed by atoms with E-state index in [0.717, 1.165) is 30.9 Å². The molecule has 232 valence electrons. The summed E-state index contributed by atoms with van der Waals surface area (Å²) in [4.78, 5) is 24.6. The zero-order valence-corrected chi connectivity index (χ0v) is 26.7. The standard InChI is InChI=1S/C35H33NO7S2/c1-23(2)24(3)9-5-4-6-11-30-34(43-26-16-13-25(14-17-26)15-20-33(37)38)28-19-18-27(21-31(28)44-30)42-22-36-35(39)29-10-7-8-12-32(29)45(36,40)41/h4-10,12-21,23-24H,11,22H2,1-3H3,(H,37,38). The number of ether oxygens (including phenoxy) is 2. The van der Waals surface area contributed by atoms with E-state index in [4.69, 9.17) is 14.6 Å². The van der Waals surface area contributed by atoms with Crippen LogP contribution in [0.4, 0.5) is 0 Å². The highest BCUT2D eigenvalue weighted by Gasteiger charge is 2.41. The van der Waals surface area contributed by atoms with Crippen molar-refractivity contribution in [3.05, 3.63) is 113 Å². The van der Waals surface area contributed by atoms with Gasteiger partial charge in [0, 0.05) is 22.6 Å². The molecule has 3 aromatic carbocycles. The van der Waals surface area contributed by atoms with Crippen molar-refractivity contribution in [2.75, 3.05) is 6.73 Å². The number of nitrogens with zero attached hydrogens (tertiary/aromatic N) is 1. The number of allylic oxidation sites excluding steroid dienone is 4. The van der Waals surface area contributed by atoms with Crippen LogP contribution >= 0.6 is 11.3 Å². The summed E-state index contributed by atoms with van der Waals surface area (Å²) in [5.74, 6) is 1.07. The Balaban J connectivity index is 1.39. The number of thiophene rings is 1. The number of amides is 1. The summed E-state index contributed by atoms with van der Waals surface area (Å²) < 4.78 is 39.7. The molecule has 1 aliphatic heterocycles. The fourth-order valence-corrected chi connectivity index (χ4v) is 7.14. The van der Waals surface area contributed by atoms with Crippen LogP contribution in [0, 0.1) is 11.8 Å². The van der Waals surface area contributed by atoms with Crippen molar-refractivity contribution in [1.82, 2.24) is 4.31 Å². The number of carboxylic acid groups (broad SMARTS) is 1. The van der Waals surface area contributed by atoms with E-state index >= 15 is 0 Å². The smallest absolute Gasteiger partial charge is 0.328 e. The second kappa shape index (κ2) is 13.5. The van der Waals surface area contributed by atoms with Crippen molar-refractivity contribution >= 4 is 49.4 Å². The van der Waals surface area contributed by atoms with Gasteiger partial charge in [-0.25, -0.2) is 13.2 Å². The van der Waals surface area contributed by atoms with Crippen molar-refractivity contribution in [2.24, 2.45) is 11.8 Å². The van der Waals surface area contributed by atoms with Crippen LogP contribution < -0.4 is 9.47 Å². The predicted molar refractivity (Wildman–Crippen MR) is 176 cm³/mol. The number of benzene rings is 3. The molecule has 4 aromatic rings. The summed E-state index contributed by atoms with van der Waals surface area (Å²) in [5.41, 5.74) is 0.864. The summed E-state index contributed by atoms with van der Waals surface area (Å²) in [5, 5.41) is 9.75. The number of hydrogen-bond acceptors (Lipinski definition) is 7. The lowest BCUT2D eigenvalue weighted by molar-refractivity contribution is -0.131. The maximum atomic E-state index is 12.9. The number of carbonyl (C=O) groups is 2. The van der Waals surface area contributed by atoms with E-state index in [2.05, 4.69) is 39.0 Å². The molecular formula is C35H33NO7S2. The van der Waals surface area contributed by atoms with Gasteiger partial charge >= 0.3 is 5.97 Å². The summed E-state index contributed by atoms with van der Waals surface area (Å²) in [6.07, 6.45) is 11.5. The summed E-state index contributed by atoms with van der Waals surface area (Å²) in [6.45, 7) is 6.11. The van der Waals surface area contributed by atoms with Crippen LogP contribution in [0.2, 0.25) is 0 Å². The molecule has 1 amide bonds. The van der Waals surface area contributed by atoms with Gasteiger partial charge in [0.05, 0.1) is 10.4 Å². The molecule has 5 rings (SSSR count). The van der Waals surface area contributed by atoms with Crippen LogP contribution in [0.1, 0.15) is 41.6 Å². The van der Waals surface area contributed by atoms with Gasteiger partial charge in [0.15, 0.2) is 6.73 Å². The number of carboxylic acids is 1. The second-order valence-corrected chi connectivity index (χ2v) is 13.9.